The zero-order valence-corrected chi connectivity index (χ0v) is 19.7. The predicted octanol–water partition coefficient (Wildman–Crippen LogP) is 4.28. The van der Waals surface area contributed by atoms with Gasteiger partial charge in [-0.05, 0) is 55.8 Å². The van der Waals surface area contributed by atoms with Gasteiger partial charge in [-0.3, -0.25) is 14.3 Å². The Kier molecular flexibility index (Phi) is 7.67. The van der Waals surface area contributed by atoms with E-state index in [9.17, 15) is 4.79 Å². The second-order valence-electron chi connectivity index (χ2n) is 7.30. The molecule has 1 amide bonds. The molecule has 4 aromatic rings. The summed E-state index contributed by atoms with van der Waals surface area (Å²) < 4.78 is 7.46. The summed E-state index contributed by atoms with van der Waals surface area (Å²) in [6.07, 6.45) is 5.05. The molecule has 0 radical (unpaired) electrons. The SMILES string of the molecule is CCOc1ccc(-n2c(SCC(=O)N/N=C/c3ccc(C)cc3)nnc2-c2cccnc2)cc1. The van der Waals surface area contributed by atoms with Crippen LogP contribution in [0.4, 0.5) is 0 Å². The number of carbonyl (C=O) groups excluding carboxylic acids is 1. The fourth-order valence-corrected chi connectivity index (χ4v) is 3.87. The van der Waals surface area contributed by atoms with Gasteiger partial charge in [-0.15, -0.1) is 10.2 Å². The highest BCUT2D eigenvalue weighted by molar-refractivity contribution is 7.99. The first kappa shape index (κ1) is 23.2. The number of nitrogens with one attached hydrogen (secondary N) is 1. The molecule has 0 aliphatic rings. The average Bonchev–Trinajstić information content (AvgIpc) is 3.29. The molecule has 0 atom stereocenters. The van der Waals surface area contributed by atoms with Gasteiger partial charge in [0.1, 0.15) is 5.75 Å². The third-order valence-electron chi connectivity index (χ3n) is 4.77. The Morgan fingerprint density at radius 1 is 1.12 bits per heavy atom. The van der Waals surface area contributed by atoms with E-state index in [4.69, 9.17) is 4.74 Å². The van der Waals surface area contributed by atoms with Crippen LogP contribution in [0.5, 0.6) is 5.75 Å². The Morgan fingerprint density at radius 3 is 2.62 bits per heavy atom. The van der Waals surface area contributed by atoms with Crippen molar-refractivity contribution in [1.29, 1.82) is 0 Å². The normalized spacial score (nSPS) is 11.0. The fourth-order valence-electron chi connectivity index (χ4n) is 3.13. The summed E-state index contributed by atoms with van der Waals surface area (Å²) in [5.41, 5.74) is 6.32. The fraction of sp³-hybridized carbons (Fsp3) is 0.160. The summed E-state index contributed by atoms with van der Waals surface area (Å²) >= 11 is 1.28. The molecule has 0 bridgehead atoms. The lowest BCUT2D eigenvalue weighted by Crippen LogP contribution is -2.20. The Morgan fingerprint density at radius 2 is 1.91 bits per heavy atom. The third kappa shape index (κ3) is 5.87. The number of rotatable bonds is 9. The zero-order valence-electron chi connectivity index (χ0n) is 18.9. The molecule has 0 saturated carbocycles. The van der Waals surface area contributed by atoms with Gasteiger partial charge in [0, 0.05) is 23.6 Å². The van der Waals surface area contributed by atoms with Crippen LogP contribution in [0.3, 0.4) is 0 Å². The van der Waals surface area contributed by atoms with Gasteiger partial charge in [0.15, 0.2) is 11.0 Å². The van der Waals surface area contributed by atoms with Crippen molar-refractivity contribution in [2.45, 2.75) is 19.0 Å². The lowest BCUT2D eigenvalue weighted by Gasteiger charge is -2.11. The molecule has 0 saturated heterocycles. The molecule has 0 spiro atoms. The van der Waals surface area contributed by atoms with Crippen LogP contribution in [0, 0.1) is 6.92 Å². The number of nitrogens with zero attached hydrogens (tertiary/aromatic N) is 5. The van der Waals surface area contributed by atoms with Crippen LogP contribution in [-0.4, -0.2) is 44.2 Å². The molecule has 8 nitrogen and oxygen atoms in total. The summed E-state index contributed by atoms with van der Waals surface area (Å²) in [6, 6.07) is 19.3. The first-order valence-corrected chi connectivity index (χ1v) is 11.7. The van der Waals surface area contributed by atoms with Crippen molar-refractivity contribution in [2.24, 2.45) is 5.10 Å². The topological polar surface area (TPSA) is 94.3 Å². The van der Waals surface area contributed by atoms with Gasteiger partial charge in [0.05, 0.1) is 18.6 Å². The second kappa shape index (κ2) is 11.2. The average molecular weight is 473 g/mol. The second-order valence-corrected chi connectivity index (χ2v) is 8.25. The van der Waals surface area contributed by atoms with Crippen molar-refractivity contribution >= 4 is 23.9 Å². The number of amides is 1. The molecule has 0 fully saturated rings. The van der Waals surface area contributed by atoms with Crippen molar-refractivity contribution < 1.29 is 9.53 Å². The molecule has 2 heterocycles. The van der Waals surface area contributed by atoms with Gasteiger partial charge in [0.2, 0.25) is 0 Å². The number of hydrogen-bond acceptors (Lipinski definition) is 7. The maximum atomic E-state index is 12.4. The number of ether oxygens (including phenoxy) is 1. The van der Waals surface area contributed by atoms with E-state index in [0.29, 0.717) is 17.6 Å². The molecule has 2 aromatic heterocycles. The van der Waals surface area contributed by atoms with Crippen LogP contribution in [0.2, 0.25) is 0 Å². The van der Waals surface area contributed by atoms with Crippen LogP contribution in [0.25, 0.3) is 17.1 Å². The van der Waals surface area contributed by atoms with Crippen LogP contribution >= 0.6 is 11.8 Å². The van der Waals surface area contributed by atoms with E-state index in [0.717, 1.165) is 22.6 Å². The monoisotopic (exact) mass is 472 g/mol. The first-order valence-electron chi connectivity index (χ1n) is 10.7. The number of aromatic nitrogens is 4. The molecule has 0 unspecified atom stereocenters. The number of hydrogen-bond donors (Lipinski definition) is 1. The molecule has 4 rings (SSSR count). The van der Waals surface area contributed by atoms with Gasteiger partial charge in [-0.25, -0.2) is 5.43 Å². The largest absolute Gasteiger partial charge is 0.494 e. The van der Waals surface area contributed by atoms with E-state index in [1.54, 1.807) is 18.6 Å². The van der Waals surface area contributed by atoms with Crippen molar-refractivity contribution in [3.63, 3.8) is 0 Å². The lowest BCUT2D eigenvalue weighted by atomic mass is 10.2. The van der Waals surface area contributed by atoms with E-state index in [-0.39, 0.29) is 11.7 Å². The van der Waals surface area contributed by atoms with Gasteiger partial charge >= 0.3 is 0 Å². The van der Waals surface area contributed by atoms with Gasteiger partial charge in [-0.2, -0.15) is 5.10 Å². The van der Waals surface area contributed by atoms with Crippen LogP contribution in [0.15, 0.2) is 83.3 Å². The van der Waals surface area contributed by atoms with Gasteiger partial charge < -0.3 is 4.74 Å². The maximum Gasteiger partial charge on any atom is 0.250 e. The Bertz CT molecular complexity index is 1260. The minimum Gasteiger partial charge on any atom is -0.494 e. The Hall–Kier alpha value is -3.98. The predicted molar refractivity (Wildman–Crippen MR) is 133 cm³/mol. The van der Waals surface area contributed by atoms with Gasteiger partial charge in [0.25, 0.3) is 5.91 Å². The van der Waals surface area contributed by atoms with Gasteiger partial charge in [-0.1, -0.05) is 41.6 Å². The number of hydrazone groups is 1. The summed E-state index contributed by atoms with van der Waals surface area (Å²) in [4.78, 5) is 16.6. The van der Waals surface area contributed by atoms with Crippen LogP contribution in [-0.2, 0) is 4.79 Å². The summed E-state index contributed by atoms with van der Waals surface area (Å²) in [5, 5.41) is 13.3. The van der Waals surface area contributed by atoms with E-state index >= 15 is 0 Å². The number of pyridine rings is 1. The number of benzene rings is 2. The summed E-state index contributed by atoms with van der Waals surface area (Å²) in [5.74, 6) is 1.31. The summed E-state index contributed by atoms with van der Waals surface area (Å²) in [7, 11) is 0. The summed E-state index contributed by atoms with van der Waals surface area (Å²) in [6.45, 7) is 4.56. The molecule has 0 aliphatic carbocycles. The number of aryl methyl sites for hydroxylation is 1. The Labute approximate surface area is 202 Å². The van der Waals surface area contributed by atoms with E-state index in [2.05, 4.69) is 25.7 Å². The molecule has 1 N–H and O–H groups in total. The highest BCUT2D eigenvalue weighted by Gasteiger charge is 2.17. The van der Waals surface area contributed by atoms with Crippen molar-refractivity contribution in [3.8, 4) is 22.8 Å². The van der Waals surface area contributed by atoms with Crippen LogP contribution in [0.1, 0.15) is 18.1 Å². The van der Waals surface area contributed by atoms with E-state index in [1.165, 1.54) is 17.3 Å². The molecule has 2 aromatic carbocycles. The molecule has 0 aliphatic heterocycles. The Balaban J connectivity index is 1.50. The minimum absolute atomic E-state index is 0.132. The van der Waals surface area contributed by atoms with Crippen molar-refractivity contribution in [3.05, 3.63) is 84.2 Å². The first-order chi connectivity index (χ1) is 16.6. The zero-order chi connectivity index (χ0) is 23.8. The maximum absolute atomic E-state index is 12.4. The minimum atomic E-state index is -0.238. The number of thioether (sulfide) groups is 1. The molecular formula is C25H24N6O2S. The molecule has 9 heteroatoms. The standard InChI is InChI=1S/C25H24N6O2S/c1-3-33-22-12-10-21(11-13-22)31-24(20-5-4-14-26-16-20)29-30-25(31)34-17-23(32)28-27-15-19-8-6-18(2)7-9-19/h4-16H,3,17H2,1-2H3,(H,28,32)/b27-15+. The van der Waals surface area contributed by atoms with E-state index < -0.39 is 0 Å². The molecular weight excluding hydrogens is 448 g/mol. The smallest absolute Gasteiger partial charge is 0.250 e. The third-order valence-corrected chi connectivity index (χ3v) is 5.70. The molecule has 172 valence electrons. The lowest BCUT2D eigenvalue weighted by molar-refractivity contribution is -0.118. The van der Waals surface area contributed by atoms with Crippen LogP contribution < -0.4 is 10.2 Å². The van der Waals surface area contributed by atoms with E-state index in [1.807, 2.05) is 79.1 Å². The molecule has 34 heavy (non-hydrogen) atoms. The highest BCUT2D eigenvalue weighted by Crippen LogP contribution is 2.28. The quantitative estimate of drug-likeness (QED) is 0.222. The van der Waals surface area contributed by atoms with Crippen molar-refractivity contribution in [1.82, 2.24) is 25.2 Å². The highest BCUT2D eigenvalue weighted by atomic mass is 32.2. The number of carbonyl (C=O) groups is 1. The van der Waals surface area contributed by atoms with Crippen molar-refractivity contribution in [2.75, 3.05) is 12.4 Å².